The Bertz CT molecular complexity index is 132. The van der Waals surface area contributed by atoms with Crippen LogP contribution in [0.25, 0.3) is 0 Å². The summed E-state index contributed by atoms with van der Waals surface area (Å²) in [5, 5.41) is 0. The molecule has 0 N–H and O–H groups in total. The lowest BCUT2D eigenvalue weighted by Crippen LogP contribution is -2.04. The smallest absolute Gasteiger partial charge is 0.305 e. The van der Waals surface area contributed by atoms with Crippen molar-refractivity contribution >= 4 is 12.3 Å². The van der Waals surface area contributed by atoms with E-state index < -0.39 is 0 Å². The number of rotatable bonds is 7. The summed E-state index contributed by atoms with van der Waals surface area (Å²) in [6.45, 7) is 2.36. The largest absolute Gasteiger partial charge is 0.466 e. The summed E-state index contributed by atoms with van der Waals surface area (Å²) in [6, 6.07) is 0. The first-order valence-electron chi connectivity index (χ1n) is 4.32. The van der Waals surface area contributed by atoms with Crippen LogP contribution in [0.2, 0.25) is 0 Å². The first-order valence-corrected chi connectivity index (χ1v) is 4.32. The molecule has 1 radical (unpaired) electrons. The van der Waals surface area contributed by atoms with Gasteiger partial charge >= 0.3 is 5.97 Å². The van der Waals surface area contributed by atoms with Crippen LogP contribution in [-0.4, -0.2) is 18.9 Å². The second-order valence-electron chi connectivity index (χ2n) is 2.57. The lowest BCUT2D eigenvalue weighted by molar-refractivity contribution is -0.143. The van der Waals surface area contributed by atoms with Gasteiger partial charge in [0.1, 0.15) is 0 Å². The second kappa shape index (κ2) is 8.24. The molecule has 12 heavy (non-hydrogen) atoms. The summed E-state index contributed by atoms with van der Waals surface area (Å²) in [6.07, 6.45) is 5.04. The van der Waals surface area contributed by atoms with Gasteiger partial charge in [0.05, 0.1) is 6.61 Å². The summed E-state index contributed by atoms with van der Waals surface area (Å²) in [5.41, 5.74) is 0. The molecular weight excluding hydrogens is 156 g/mol. The number of hydrogen-bond acceptors (Lipinski definition) is 3. The Labute approximate surface area is 73.1 Å². The molecule has 0 aromatic rings. The standard InChI is InChI=1S/C9H15O3/c1-2-6-9(11)12-8-5-3-4-7-10/h2-6,8H2,1H3. The number of esters is 1. The SMILES string of the molecule is CCCC(=O)OCCCC[C]=O. The first-order chi connectivity index (χ1) is 5.81. The van der Waals surface area contributed by atoms with Gasteiger partial charge in [0.2, 0.25) is 0 Å². The molecule has 0 unspecified atom stereocenters. The lowest BCUT2D eigenvalue weighted by Gasteiger charge is -2.01. The molecule has 0 fully saturated rings. The molecule has 3 heteroatoms. The van der Waals surface area contributed by atoms with Crippen LogP contribution in [-0.2, 0) is 14.3 Å². The monoisotopic (exact) mass is 171 g/mol. The molecule has 0 amide bonds. The van der Waals surface area contributed by atoms with Crippen molar-refractivity contribution in [3.05, 3.63) is 0 Å². The topological polar surface area (TPSA) is 43.4 Å². The van der Waals surface area contributed by atoms with Crippen LogP contribution in [0, 0.1) is 0 Å². The van der Waals surface area contributed by atoms with Crippen molar-refractivity contribution in [2.45, 2.75) is 39.0 Å². The molecule has 0 aromatic heterocycles. The maximum Gasteiger partial charge on any atom is 0.305 e. The van der Waals surface area contributed by atoms with E-state index in [1.807, 2.05) is 6.92 Å². The van der Waals surface area contributed by atoms with Crippen molar-refractivity contribution in [3.63, 3.8) is 0 Å². The summed E-state index contributed by atoms with van der Waals surface area (Å²) < 4.78 is 4.86. The fourth-order valence-corrected chi connectivity index (χ4v) is 0.762. The van der Waals surface area contributed by atoms with E-state index in [2.05, 4.69) is 0 Å². The van der Waals surface area contributed by atoms with E-state index in [1.54, 1.807) is 6.29 Å². The Hall–Kier alpha value is -0.860. The van der Waals surface area contributed by atoms with Gasteiger partial charge in [-0.25, -0.2) is 0 Å². The zero-order valence-corrected chi connectivity index (χ0v) is 7.47. The molecule has 0 atom stereocenters. The van der Waals surface area contributed by atoms with Crippen LogP contribution >= 0.6 is 0 Å². The van der Waals surface area contributed by atoms with Gasteiger partial charge in [0.15, 0.2) is 6.29 Å². The minimum absolute atomic E-state index is 0.146. The quantitative estimate of drug-likeness (QED) is 0.431. The van der Waals surface area contributed by atoms with E-state index in [9.17, 15) is 9.59 Å². The maximum atomic E-state index is 10.8. The van der Waals surface area contributed by atoms with Crippen LogP contribution in [0.15, 0.2) is 0 Å². The summed E-state index contributed by atoms with van der Waals surface area (Å²) in [5.74, 6) is -0.146. The van der Waals surface area contributed by atoms with Crippen molar-refractivity contribution in [2.24, 2.45) is 0 Å². The van der Waals surface area contributed by atoms with Gasteiger partial charge < -0.3 is 4.74 Å². The van der Waals surface area contributed by atoms with E-state index in [0.717, 1.165) is 19.3 Å². The minimum atomic E-state index is -0.146. The van der Waals surface area contributed by atoms with Crippen molar-refractivity contribution in [2.75, 3.05) is 6.61 Å². The molecule has 0 aromatic carbocycles. The normalized spacial score (nSPS) is 9.42. The number of carbonyl (C=O) groups excluding carboxylic acids is 2. The zero-order chi connectivity index (χ0) is 9.23. The fourth-order valence-electron chi connectivity index (χ4n) is 0.762. The Morgan fingerprint density at radius 3 is 2.75 bits per heavy atom. The van der Waals surface area contributed by atoms with Crippen LogP contribution < -0.4 is 0 Å². The van der Waals surface area contributed by atoms with Gasteiger partial charge in [0.25, 0.3) is 0 Å². The third kappa shape index (κ3) is 7.25. The Morgan fingerprint density at radius 1 is 1.42 bits per heavy atom. The van der Waals surface area contributed by atoms with Crippen LogP contribution in [0.5, 0.6) is 0 Å². The average Bonchev–Trinajstić information content (AvgIpc) is 2.05. The summed E-state index contributed by atoms with van der Waals surface area (Å²) in [7, 11) is 0. The molecule has 0 bridgehead atoms. The molecule has 3 nitrogen and oxygen atoms in total. The second-order valence-corrected chi connectivity index (χ2v) is 2.57. The predicted molar refractivity (Wildman–Crippen MR) is 45.4 cm³/mol. The highest BCUT2D eigenvalue weighted by Gasteiger charge is 1.98. The van der Waals surface area contributed by atoms with E-state index in [0.29, 0.717) is 19.4 Å². The number of unbranched alkanes of at least 4 members (excludes halogenated alkanes) is 2. The Morgan fingerprint density at radius 2 is 2.17 bits per heavy atom. The molecule has 0 aliphatic heterocycles. The van der Waals surface area contributed by atoms with Crippen LogP contribution in [0.3, 0.4) is 0 Å². The molecule has 69 valence electrons. The van der Waals surface area contributed by atoms with E-state index >= 15 is 0 Å². The van der Waals surface area contributed by atoms with Crippen molar-refractivity contribution in [1.82, 2.24) is 0 Å². The highest BCUT2D eigenvalue weighted by atomic mass is 16.5. The van der Waals surface area contributed by atoms with Crippen molar-refractivity contribution in [1.29, 1.82) is 0 Å². The van der Waals surface area contributed by atoms with Gasteiger partial charge in [-0.05, 0) is 19.3 Å². The fraction of sp³-hybridized carbons (Fsp3) is 0.778. The Kier molecular flexibility index (Phi) is 7.65. The van der Waals surface area contributed by atoms with Crippen LogP contribution in [0.4, 0.5) is 0 Å². The van der Waals surface area contributed by atoms with Gasteiger partial charge in [0, 0.05) is 12.8 Å². The molecule has 0 rings (SSSR count). The molecule has 0 heterocycles. The molecule has 0 aliphatic carbocycles. The highest BCUT2D eigenvalue weighted by Crippen LogP contribution is 1.96. The highest BCUT2D eigenvalue weighted by molar-refractivity contribution is 5.69. The first kappa shape index (κ1) is 11.1. The molecular formula is C9H15O3. The average molecular weight is 171 g/mol. The summed E-state index contributed by atoms with van der Waals surface area (Å²) in [4.78, 5) is 20.5. The summed E-state index contributed by atoms with van der Waals surface area (Å²) >= 11 is 0. The van der Waals surface area contributed by atoms with E-state index in [1.165, 1.54) is 0 Å². The maximum absolute atomic E-state index is 10.8. The zero-order valence-electron chi connectivity index (χ0n) is 7.47. The molecule has 0 aliphatic rings. The molecule has 0 saturated heterocycles. The Balaban J connectivity index is 3.08. The van der Waals surface area contributed by atoms with Gasteiger partial charge in [-0.1, -0.05) is 6.92 Å². The third-order valence-electron chi connectivity index (χ3n) is 1.39. The predicted octanol–water partition coefficient (Wildman–Crippen LogP) is 1.61. The minimum Gasteiger partial charge on any atom is -0.466 e. The van der Waals surface area contributed by atoms with Crippen molar-refractivity contribution in [3.8, 4) is 0 Å². The third-order valence-corrected chi connectivity index (χ3v) is 1.39. The lowest BCUT2D eigenvalue weighted by atomic mass is 10.2. The van der Waals surface area contributed by atoms with E-state index in [-0.39, 0.29) is 5.97 Å². The van der Waals surface area contributed by atoms with Gasteiger partial charge in [-0.15, -0.1) is 0 Å². The number of carbonyl (C=O) groups is 1. The van der Waals surface area contributed by atoms with Gasteiger partial charge in [-0.3, -0.25) is 9.59 Å². The van der Waals surface area contributed by atoms with Crippen LogP contribution in [0.1, 0.15) is 39.0 Å². The van der Waals surface area contributed by atoms with Gasteiger partial charge in [-0.2, -0.15) is 0 Å². The number of hydrogen-bond donors (Lipinski definition) is 0. The molecule has 0 spiro atoms. The van der Waals surface area contributed by atoms with Crippen molar-refractivity contribution < 1.29 is 14.3 Å². The van der Waals surface area contributed by atoms with E-state index in [4.69, 9.17) is 4.74 Å². The number of ether oxygens (including phenoxy) is 1. The molecule has 0 saturated carbocycles.